The first-order chi connectivity index (χ1) is 71.9. The molecule has 1 aromatic carbocycles. The number of piperidine rings is 1. The number of nitrogens with one attached hydrogen (secondary N) is 8. The number of likely N-dealkylation sites (tertiary alicyclic amines) is 2. The molecular weight excluding hydrogens is 1970 g/mol. The molecule has 150 heavy (non-hydrogen) atoms. The summed E-state index contributed by atoms with van der Waals surface area (Å²) in [6.07, 6.45) is 13.0. The minimum absolute atomic E-state index is 0.00919. The quantitative estimate of drug-likeness (QED) is 0.0246. The fourth-order valence-corrected chi connectivity index (χ4v) is 22.9. The maximum Gasteiger partial charge on any atom is 0.339 e. The molecule has 13 aromatic rings. The molecule has 6 aliphatic rings. The van der Waals surface area contributed by atoms with Crippen LogP contribution in [0, 0.1) is 83.1 Å². The number of esters is 1. The van der Waals surface area contributed by atoms with Gasteiger partial charge in [-0.25, -0.2) is 4.79 Å². The van der Waals surface area contributed by atoms with E-state index >= 15 is 0 Å². The molecule has 34 nitrogen and oxygen atoms in total. The van der Waals surface area contributed by atoms with Gasteiger partial charge >= 0.3 is 5.97 Å². The van der Waals surface area contributed by atoms with Crippen LogP contribution in [0.3, 0.4) is 0 Å². The molecule has 12 aromatic heterocycles. The summed E-state index contributed by atoms with van der Waals surface area (Å²) in [4.78, 5) is 155. The highest BCUT2D eigenvalue weighted by molar-refractivity contribution is 9.10. The van der Waals surface area contributed by atoms with Gasteiger partial charge in [0.25, 0.3) is 51.8 Å². The van der Waals surface area contributed by atoms with E-state index in [0.717, 1.165) is 186 Å². The van der Waals surface area contributed by atoms with Crippen LogP contribution in [0.25, 0.3) is 33.2 Å². The number of aromatic nitrogens is 8. The number of amides is 5. The number of H-pyrrole nitrogens is 4. The molecule has 19 rings (SSSR count). The van der Waals surface area contributed by atoms with Crippen molar-refractivity contribution < 1.29 is 57.2 Å². The third kappa shape index (κ3) is 24.5. The summed E-state index contributed by atoms with van der Waals surface area (Å²) in [5, 5.41) is 11.9. The maximum atomic E-state index is 13.6. The van der Waals surface area contributed by atoms with Gasteiger partial charge in [-0.05, 0) is 300 Å². The molecule has 6 saturated heterocycles. The summed E-state index contributed by atoms with van der Waals surface area (Å²) < 4.78 is 41.8. The first-order valence-corrected chi connectivity index (χ1v) is 53.0. The standard InChI is InChI=1S/C31H36N4O4.C29H38BrN5O2.C29H37N5O5.C26H32N4O5/c1-19-14-20(2)33-31(37)28(19)17-32-30(36)27-16-25-15-24(23-6-8-26(38-5)9-7-23)18-35(25)29(21(27)3)22(4)34-10-12-39-13-11-34;1-18-13-19(2)32-29(37)26(18)16-31-28(36)25-15-24-14-22(30)17-35(24)27(20(25)3)21(4)33-11-7-23(8-12-33)34-9-5-6-10-34;1-18-13-19(2)31-28(36)25(18)16-30-27(35)24-15-23-14-22(29(37)33-7-11-39-12-8-33)17-34(23)26(20(24)3)21(4)32-5-9-38-10-6-32;1-15-10-16(2)28-25(32)22(15)13-27-24(31)21-12-20-11-19(26(33)34-5)14-30(20)23(17(21)3)18(4)29-6-8-35-9-7-29/h6-9,14-16,18,22H,10-13,17H2,1-5H3,(H,32,36)(H,33,37);13-15,17,21,23H,5-12,16H2,1-4H3,(H,31,36)(H,32,37);13-15,17,21H,5-12,16H2,1-4H3,(H,30,35)(H,31,36);10-12,14,18H,6-9,13H2,1-5H3,(H,27,31)(H,28,32). The lowest BCUT2D eigenvalue weighted by Crippen LogP contribution is -2.44. The highest BCUT2D eigenvalue weighted by Crippen LogP contribution is 2.39. The second-order valence-corrected chi connectivity index (χ2v) is 41.5. The molecule has 6 aliphatic heterocycles. The van der Waals surface area contributed by atoms with Gasteiger partial charge in [-0.15, -0.1) is 0 Å². The van der Waals surface area contributed by atoms with E-state index in [1.807, 2.05) is 164 Å². The van der Waals surface area contributed by atoms with Crippen molar-refractivity contribution in [2.24, 2.45) is 0 Å². The number of rotatable bonds is 25. The lowest BCUT2D eigenvalue weighted by atomic mass is 9.97. The molecule has 0 aliphatic carbocycles. The number of ether oxygens (including phenoxy) is 6. The first-order valence-electron chi connectivity index (χ1n) is 52.2. The van der Waals surface area contributed by atoms with Crippen LogP contribution in [-0.2, 0) is 49.9 Å². The van der Waals surface area contributed by atoms with E-state index in [9.17, 15) is 47.9 Å². The van der Waals surface area contributed by atoms with Crippen LogP contribution in [-0.4, -0.2) is 254 Å². The van der Waals surface area contributed by atoms with E-state index in [2.05, 4.69) is 154 Å². The van der Waals surface area contributed by atoms with Gasteiger partial charge in [0.15, 0.2) is 0 Å². The Balaban J connectivity index is 0.000000142. The maximum absolute atomic E-state index is 13.6. The average molecular weight is 2110 g/mol. The third-order valence-corrected chi connectivity index (χ3v) is 31.3. The smallest absolute Gasteiger partial charge is 0.339 e. The number of pyridine rings is 8. The molecule has 35 heteroatoms. The first kappa shape index (κ1) is 109. The van der Waals surface area contributed by atoms with E-state index in [1.165, 1.54) is 45.9 Å². The van der Waals surface area contributed by atoms with Crippen molar-refractivity contribution in [1.29, 1.82) is 0 Å². The van der Waals surface area contributed by atoms with E-state index < -0.39 is 5.97 Å². The predicted molar refractivity (Wildman–Crippen MR) is 583 cm³/mol. The fourth-order valence-electron chi connectivity index (χ4n) is 22.5. The number of aryl methyl sites for hydroxylation is 8. The Kier molecular flexibility index (Phi) is 35.3. The van der Waals surface area contributed by atoms with Gasteiger partial charge in [0, 0.05) is 269 Å². The number of halogens is 1. The zero-order valence-electron chi connectivity index (χ0n) is 89.6. The summed E-state index contributed by atoms with van der Waals surface area (Å²) in [6.45, 7) is 47.8. The number of morpholine rings is 4. The van der Waals surface area contributed by atoms with E-state index in [4.69, 9.17) is 28.4 Å². The zero-order valence-corrected chi connectivity index (χ0v) is 91.2. The Bertz CT molecular complexity index is 7450. The molecular formula is C115H143BrN18O16. The van der Waals surface area contributed by atoms with Crippen LogP contribution in [0.15, 0.2) is 146 Å². The Morgan fingerprint density at radius 1 is 0.367 bits per heavy atom. The Labute approximate surface area is 882 Å². The summed E-state index contributed by atoms with van der Waals surface area (Å²) >= 11 is 3.64. The zero-order chi connectivity index (χ0) is 107. The van der Waals surface area contributed by atoms with Crippen molar-refractivity contribution in [3.05, 3.63) is 313 Å². The van der Waals surface area contributed by atoms with Gasteiger partial charge in [0.2, 0.25) is 0 Å². The topological polar surface area (TPSA) is 374 Å². The summed E-state index contributed by atoms with van der Waals surface area (Å²) in [7, 11) is 3.01. The third-order valence-electron chi connectivity index (χ3n) is 30.8. The van der Waals surface area contributed by atoms with Crippen molar-refractivity contribution in [2.45, 2.75) is 193 Å². The molecule has 0 radical (unpaired) electrons. The second kappa shape index (κ2) is 48.4. The van der Waals surface area contributed by atoms with Crippen molar-refractivity contribution >= 4 is 73.5 Å². The number of nitrogens with zero attached hydrogens (tertiary/aromatic N) is 10. The van der Waals surface area contributed by atoms with Gasteiger partial charge < -0.3 is 97.0 Å². The highest BCUT2D eigenvalue weighted by Gasteiger charge is 2.36. The van der Waals surface area contributed by atoms with Gasteiger partial charge in [-0.2, -0.15) is 0 Å². The Hall–Kier alpha value is -13.2. The number of methoxy groups -OCH3 is 2. The fraction of sp³-hybridized carbons (Fsp3) is 0.443. The number of aromatic amines is 4. The highest BCUT2D eigenvalue weighted by atomic mass is 79.9. The van der Waals surface area contributed by atoms with E-state index in [1.54, 1.807) is 25.4 Å². The number of fused-ring (bicyclic) bond motifs is 4. The van der Waals surface area contributed by atoms with Crippen LogP contribution in [0.5, 0.6) is 5.75 Å². The van der Waals surface area contributed by atoms with Gasteiger partial charge in [-0.3, -0.25) is 62.8 Å². The number of hydrogen-bond donors (Lipinski definition) is 8. The molecule has 0 saturated carbocycles. The van der Waals surface area contributed by atoms with Crippen LogP contribution in [0.1, 0.15) is 252 Å². The van der Waals surface area contributed by atoms with Crippen LogP contribution >= 0.6 is 15.9 Å². The molecule has 0 bridgehead atoms. The van der Waals surface area contributed by atoms with Crippen molar-refractivity contribution in [3.8, 4) is 16.9 Å². The lowest BCUT2D eigenvalue weighted by molar-refractivity contribution is 0.0187. The molecule has 5 amide bonds. The summed E-state index contributed by atoms with van der Waals surface area (Å²) in [5.41, 5.74) is 24.7. The number of benzene rings is 1. The summed E-state index contributed by atoms with van der Waals surface area (Å²) in [5.74, 6) is -0.551. The Morgan fingerprint density at radius 3 is 1.01 bits per heavy atom. The lowest BCUT2D eigenvalue weighted by Gasteiger charge is -2.40. The summed E-state index contributed by atoms with van der Waals surface area (Å²) in [6, 6.07) is 31.8. The Morgan fingerprint density at radius 2 is 0.673 bits per heavy atom. The minimum Gasteiger partial charge on any atom is -0.497 e. The largest absolute Gasteiger partial charge is 0.497 e. The molecule has 18 heterocycles. The normalized spacial score (nSPS) is 16.5. The van der Waals surface area contributed by atoms with Crippen LogP contribution < -0.4 is 48.2 Å². The van der Waals surface area contributed by atoms with E-state index in [0.29, 0.717) is 128 Å². The van der Waals surface area contributed by atoms with Crippen molar-refractivity contribution in [2.75, 3.05) is 146 Å². The van der Waals surface area contributed by atoms with Crippen molar-refractivity contribution in [1.82, 2.24) is 88.2 Å². The minimum atomic E-state index is -0.434. The SMILES string of the molecule is COC(=O)c1cc2cc(C(=O)NCc3c(C)cc(C)[nH]c3=O)c(C)c(C(C)N3CCOCC3)n2c1.COc1ccc(-c2cc3cc(C(=O)NCc4c(C)cc(C)[nH]c4=O)c(C)c(C(C)N4CCOCC4)n3c2)cc1.Cc1cc(C)c(CNC(=O)c2cc3cc(Br)cn3c(C(C)N3CCC(N4CCCC4)CC3)c2C)c(=O)[nH]1.Cc1cc(C)c(CNC(=O)c2cc3cc(C(=O)N4CCOCC4)cn3c(C(C)N3CCOCC3)c2C)c(=O)[nH]1. The molecule has 4 atom stereocenters. The van der Waals surface area contributed by atoms with Gasteiger partial charge in [-0.1, -0.05) is 12.1 Å². The van der Waals surface area contributed by atoms with Gasteiger partial charge in [0.05, 0.1) is 78.2 Å². The second-order valence-electron chi connectivity index (χ2n) is 40.6. The molecule has 0 spiro atoms. The van der Waals surface area contributed by atoms with Crippen molar-refractivity contribution in [3.63, 3.8) is 0 Å². The molecule has 6 fully saturated rings. The molecule has 8 N–H and O–H groups in total. The average Bonchev–Trinajstić information content (AvgIpc) is 1.35. The predicted octanol–water partition coefficient (Wildman–Crippen LogP) is 14.4. The molecule has 796 valence electrons. The number of carbonyl (C=O) groups is 6. The monoisotopic (exact) mass is 2110 g/mol. The van der Waals surface area contributed by atoms with Crippen LogP contribution in [0.4, 0.5) is 0 Å². The number of carbonyl (C=O) groups excluding carboxylic acids is 6. The van der Waals surface area contributed by atoms with Crippen LogP contribution in [0.2, 0.25) is 0 Å². The van der Waals surface area contributed by atoms with E-state index in [-0.39, 0.29) is 102 Å². The van der Waals surface area contributed by atoms with Gasteiger partial charge in [0.1, 0.15) is 5.75 Å². The number of hydrogen-bond acceptors (Lipinski definition) is 21. The molecule has 4 unspecified atom stereocenters.